The van der Waals surface area contributed by atoms with Crippen molar-refractivity contribution in [1.82, 2.24) is 9.88 Å². The van der Waals surface area contributed by atoms with E-state index in [2.05, 4.69) is 59.4 Å². The molecule has 1 heterocycles. The summed E-state index contributed by atoms with van der Waals surface area (Å²) < 4.78 is 0. The minimum atomic E-state index is -0.196. The number of hydrogen-bond donors (Lipinski definition) is 2. The number of H-pyrrole nitrogens is 1. The molecule has 152 valence electrons. The highest BCUT2D eigenvalue weighted by Gasteiger charge is 2.11. The van der Waals surface area contributed by atoms with Crippen LogP contribution in [0.25, 0.3) is 21.9 Å². The van der Waals surface area contributed by atoms with Gasteiger partial charge < -0.3 is 15.0 Å². The predicted octanol–water partition coefficient (Wildman–Crippen LogP) is 4.97. The Morgan fingerprint density at radius 2 is 1.67 bits per heavy atom. The van der Waals surface area contributed by atoms with Crippen molar-refractivity contribution in [3.63, 3.8) is 0 Å². The summed E-state index contributed by atoms with van der Waals surface area (Å²) in [4.78, 5) is 17.2. The third-order valence-electron chi connectivity index (χ3n) is 5.47. The van der Waals surface area contributed by atoms with Crippen LogP contribution in [0.4, 0.5) is 0 Å². The summed E-state index contributed by atoms with van der Waals surface area (Å²) >= 11 is 0. The Balaban J connectivity index is 1.44. The third-order valence-corrected chi connectivity index (χ3v) is 5.47. The van der Waals surface area contributed by atoms with E-state index < -0.39 is 0 Å². The lowest BCUT2D eigenvalue weighted by atomic mass is 9.99. The lowest BCUT2D eigenvalue weighted by Gasteiger charge is -2.17. The first kappa shape index (κ1) is 19.9. The van der Waals surface area contributed by atoms with Crippen LogP contribution in [-0.2, 0) is 13.0 Å². The molecule has 0 unspecified atom stereocenters. The monoisotopic (exact) mass is 398 g/mol. The summed E-state index contributed by atoms with van der Waals surface area (Å²) in [7, 11) is 2.15. The van der Waals surface area contributed by atoms with Crippen LogP contribution in [0.2, 0.25) is 0 Å². The zero-order valence-electron chi connectivity index (χ0n) is 17.1. The van der Waals surface area contributed by atoms with Crippen LogP contribution in [0.3, 0.4) is 0 Å². The van der Waals surface area contributed by atoms with Crippen LogP contribution in [0.15, 0.2) is 83.8 Å². The highest BCUT2D eigenvalue weighted by Crippen LogP contribution is 2.32. The van der Waals surface area contributed by atoms with Crippen molar-refractivity contribution in [1.29, 1.82) is 0 Å². The van der Waals surface area contributed by atoms with Crippen LogP contribution < -0.4 is 5.56 Å². The topological polar surface area (TPSA) is 56.3 Å². The molecule has 4 heteroatoms. The number of nitrogens with zero attached hydrogens (tertiary/aromatic N) is 1. The van der Waals surface area contributed by atoms with Gasteiger partial charge in [-0.15, -0.1) is 0 Å². The standard InChI is InChI=1S/C26H26N2O2/c1-28(16-6-9-19-7-3-2-4-8-19)18-20-12-14-21(15-13-20)23-17-27-26(30)22-10-5-11-24(29)25(22)23/h2-5,7-8,10-15,17,29H,6,9,16,18H2,1H3,(H,27,30). The molecule has 4 aromatic rings. The lowest BCUT2D eigenvalue weighted by molar-refractivity contribution is 0.322. The van der Waals surface area contributed by atoms with Gasteiger partial charge in [0.2, 0.25) is 0 Å². The molecular formula is C26H26N2O2. The van der Waals surface area contributed by atoms with Crippen molar-refractivity contribution in [2.75, 3.05) is 13.6 Å². The average molecular weight is 399 g/mol. The molecule has 0 aliphatic carbocycles. The molecule has 0 aliphatic heterocycles. The number of aryl methyl sites for hydroxylation is 1. The van der Waals surface area contributed by atoms with Gasteiger partial charge in [0.15, 0.2) is 0 Å². The third kappa shape index (κ3) is 4.44. The molecule has 30 heavy (non-hydrogen) atoms. The highest BCUT2D eigenvalue weighted by molar-refractivity contribution is 5.99. The van der Waals surface area contributed by atoms with E-state index in [-0.39, 0.29) is 11.3 Å². The fourth-order valence-electron chi connectivity index (χ4n) is 3.91. The normalized spacial score (nSPS) is 11.3. The minimum Gasteiger partial charge on any atom is -0.507 e. The Kier molecular flexibility index (Phi) is 5.96. The van der Waals surface area contributed by atoms with Crippen LogP contribution in [0, 0.1) is 0 Å². The largest absolute Gasteiger partial charge is 0.507 e. The van der Waals surface area contributed by atoms with Crippen LogP contribution >= 0.6 is 0 Å². The summed E-state index contributed by atoms with van der Waals surface area (Å²) in [6.45, 7) is 1.92. The summed E-state index contributed by atoms with van der Waals surface area (Å²) in [5.41, 5.74) is 4.21. The molecule has 0 aliphatic rings. The van der Waals surface area contributed by atoms with Crippen molar-refractivity contribution >= 4 is 10.8 Å². The molecule has 0 bridgehead atoms. The van der Waals surface area contributed by atoms with Gasteiger partial charge in [0, 0.05) is 23.7 Å². The summed E-state index contributed by atoms with van der Waals surface area (Å²) in [6.07, 6.45) is 3.89. The van der Waals surface area contributed by atoms with Gasteiger partial charge in [-0.1, -0.05) is 60.7 Å². The van der Waals surface area contributed by atoms with Gasteiger partial charge in [-0.05, 0) is 55.3 Å². The SMILES string of the molecule is CN(CCCc1ccccc1)Cc1ccc(-c2c[nH]c(=O)c3cccc(O)c23)cc1. The van der Waals surface area contributed by atoms with E-state index in [1.54, 1.807) is 24.4 Å². The average Bonchev–Trinajstić information content (AvgIpc) is 2.76. The van der Waals surface area contributed by atoms with E-state index in [1.165, 1.54) is 11.1 Å². The number of phenols is 1. The first-order valence-corrected chi connectivity index (χ1v) is 10.3. The van der Waals surface area contributed by atoms with Crippen molar-refractivity contribution in [3.05, 3.63) is 100 Å². The number of aromatic amines is 1. The van der Waals surface area contributed by atoms with Gasteiger partial charge in [0.05, 0.1) is 5.39 Å². The van der Waals surface area contributed by atoms with Crippen molar-refractivity contribution in [3.8, 4) is 16.9 Å². The number of pyridine rings is 1. The molecule has 0 spiro atoms. The van der Waals surface area contributed by atoms with Crippen molar-refractivity contribution in [2.45, 2.75) is 19.4 Å². The maximum absolute atomic E-state index is 12.1. The molecule has 2 N–H and O–H groups in total. The molecule has 0 saturated carbocycles. The number of phenolic OH excluding ortho intramolecular Hbond substituents is 1. The van der Waals surface area contributed by atoms with E-state index in [9.17, 15) is 9.90 Å². The Morgan fingerprint density at radius 3 is 2.43 bits per heavy atom. The fourth-order valence-corrected chi connectivity index (χ4v) is 3.91. The van der Waals surface area contributed by atoms with E-state index in [4.69, 9.17) is 0 Å². The van der Waals surface area contributed by atoms with Crippen molar-refractivity contribution in [2.24, 2.45) is 0 Å². The van der Waals surface area contributed by atoms with Gasteiger partial charge in [-0.25, -0.2) is 0 Å². The summed E-state index contributed by atoms with van der Waals surface area (Å²) in [5, 5.41) is 11.4. The minimum absolute atomic E-state index is 0.121. The highest BCUT2D eigenvalue weighted by atomic mass is 16.3. The number of hydrogen-bond acceptors (Lipinski definition) is 3. The molecule has 0 atom stereocenters. The van der Waals surface area contributed by atoms with Crippen LogP contribution in [0.5, 0.6) is 5.75 Å². The molecule has 3 aromatic carbocycles. The maximum Gasteiger partial charge on any atom is 0.255 e. The Labute approximate surface area is 176 Å². The Hall–Kier alpha value is -3.37. The Morgan fingerprint density at radius 1 is 0.900 bits per heavy atom. The predicted molar refractivity (Wildman–Crippen MR) is 123 cm³/mol. The number of fused-ring (bicyclic) bond motifs is 1. The second-order valence-electron chi connectivity index (χ2n) is 7.76. The van der Waals surface area contributed by atoms with E-state index in [1.807, 2.05) is 12.1 Å². The first-order chi connectivity index (χ1) is 14.6. The fraction of sp³-hybridized carbons (Fsp3) is 0.192. The van der Waals surface area contributed by atoms with Crippen LogP contribution in [-0.4, -0.2) is 28.6 Å². The van der Waals surface area contributed by atoms with Crippen molar-refractivity contribution < 1.29 is 5.11 Å². The quantitative estimate of drug-likeness (QED) is 0.462. The second-order valence-corrected chi connectivity index (χ2v) is 7.76. The van der Waals surface area contributed by atoms with Crippen LogP contribution in [0.1, 0.15) is 17.5 Å². The number of aromatic hydroxyl groups is 1. The number of benzene rings is 3. The zero-order valence-corrected chi connectivity index (χ0v) is 17.1. The molecular weight excluding hydrogens is 372 g/mol. The summed E-state index contributed by atoms with van der Waals surface area (Å²) in [5.74, 6) is 0.121. The molecule has 0 amide bonds. The van der Waals surface area contributed by atoms with E-state index >= 15 is 0 Å². The summed E-state index contributed by atoms with van der Waals surface area (Å²) in [6, 6.07) is 23.9. The number of aromatic nitrogens is 1. The van der Waals surface area contributed by atoms with Gasteiger partial charge in [0.25, 0.3) is 5.56 Å². The molecule has 0 radical (unpaired) electrons. The van der Waals surface area contributed by atoms with Gasteiger partial charge in [0.1, 0.15) is 5.75 Å². The van der Waals surface area contributed by atoms with Gasteiger partial charge >= 0.3 is 0 Å². The Bertz CT molecular complexity index is 1180. The zero-order chi connectivity index (χ0) is 20.9. The molecule has 4 nitrogen and oxygen atoms in total. The molecule has 0 saturated heterocycles. The molecule has 4 rings (SSSR count). The van der Waals surface area contributed by atoms with E-state index in [0.29, 0.717) is 10.8 Å². The second kappa shape index (κ2) is 8.97. The number of rotatable bonds is 7. The lowest BCUT2D eigenvalue weighted by Crippen LogP contribution is -2.19. The van der Waals surface area contributed by atoms with Gasteiger partial charge in [-0.3, -0.25) is 4.79 Å². The van der Waals surface area contributed by atoms with Gasteiger partial charge in [-0.2, -0.15) is 0 Å². The first-order valence-electron chi connectivity index (χ1n) is 10.3. The molecule has 1 aromatic heterocycles. The number of nitrogens with one attached hydrogen (secondary N) is 1. The maximum atomic E-state index is 12.1. The smallest absolute Gasteiger partial charge is 0.255 e. The molecule has 0 fully saturated rings. The van der Waals surface area contributed by atoms with E-state index in [0.717, 1.165) is 37.1 Å².